The minimum Gasteiger partial charge on any atom is -0.339 e. The van der Waals surface area contributed by atoms with E-state index in [1.54, 1.807) is 18.3 Å². The average Bonchev–Trinajstić information content (AvgIpc) is 3.76. The second kappa shape index (κ2) is 10.3. The minimum absolute atomic E-state index is 0.0408. The minimum atomic E-state index is -0.346. The summed E-state index contributed by atoms with van der Waals surface area (Å²) in [6.45, 7) is 7.72. The first-order valence-electron chi connectivity index (χ1n) is 13.6. The number of benzene rings is 1. The Morgan fingerprint density at radius 3 is 2.59 bits per heavy atom. The van der Waals surface area contributed by atoms with E-state index >= 15 is 0 Å². The van der Waals surface area contributed by atoms with Crippen LogP contribution in [0.3, 0.4) is 0 Å². The molecule has 7 nitrogen and oxygen atoms in total. The SMILES string of the molecule is CC[C@H]1CN(c2nc3ncccc3c(=O)n2C2CC2)CCN1C1CCN(Cc2ccc(Cl)c(F)c2)CC1. The first-order valence-corrected chi connectivity index (χ1v) is 13.9. The number of hydrogen-bond donors (Lipinski definition) is 0. The smallest absolute Gasteiger partial charge is 0.264 e. The predicted octanol–water partition coefficient (Wildman–Crippen LogP) is 4.48. The molecular formula is C28H34ClFN6O. The lowest BCUT2D eigenvalue weighted by molar-refractivity contribution is 0.0607. The van der Waals surface area contributed by atoms with E-state index in [1.165, 1.54) is 0 Å². The summed E-state index contributed by atoms with van der Waals surface area (Å²) in [4.78, 5) is 30.1. The molecule has 3 aliphatic rings. The number of rotatable bonds is 6. The van der Waals surface area contributed by atoms with Crippen LogP contribution in [-0.2, 0) is 6.54 Å². The van der Waals surface area contributed by atoms with Gasteiger partial charge in [0.25, 0.3) is 5.56 Å². The zero-order chi connectivity index (χ0) is 25.5. The molecule has 37 heavy (non-hydrogen) atoms. The molecule has 2 aromatic heterocycles. The van der Waals surface area contributed by atoms with Crippen molar-refractivity contribution in [1.82, 2.24) is 24.3 Å². The Kier molecular flexibility index (Phi) is 6.90. The van der Waals surface area contributed by atoms with Crippen LogP contribution >= 0.6 is 11.6 Å². The van der Waals surface area contributed by atoms with Gasteiger partial charge in [0.15, 0.2) is 5.65 Å². The van der Waals surface area contributed by atoms with Crippen molar-refractivity contribution in [2.24, 2.45) is 0 Å². The largest absolute Gasteiger partial charge is 0.339 e. The van der Waals surface area contributed by atoms with Crippen molar-refractivity contribution in [3.63, 3.8) is 0 Å². The maximum Gasteiger partial charge on any atom is 0.264 e. The molecule has 2 aliphatic heterocycles. The molecule has 1 aromatic carbocycles. The third-order valence-electron chi connectivity index (χ3n) is 8.27. The van der Waals surface area contributed by atoms with Crippen molar-refractivity contribution < 1.29 is 4.39 Å². The van der Waals surface area contributed by atoms with Gasteiger partial charge in [-0.3, -0.25) is 19.2 Å². The highest BCUT2D eigenvalue weighted by molar-refractivity contribution is 6.30. The van der Waals surface area contributed by atoms with Gasteiger partial charge in [-0.05, 0) is 75.0 Å². The molecule has 0 bridgehead atoms. The summed E-state index contributed by atoms with van der Waals surface area (Å²) in [5.74, 6) is 0.448. The number of nitrogens with zero attached hydrogens (tertiary/aromatic N) is 6. The molecule has 2 saturated heterocycles. The molecule has 0 unspecified atom stereocenters. The van der Waals surface area contributed by atoms with Gasteiger partial charge in [0.2, 0.25) is 5.95 Å². The van der Waals surface area contributed by atoms with Crippen LogP contribution in [0.5, 0.6) is 0 Å². The molecule has 9 heteroatoms. The number of likely N-dealkylation sites (tertiary alicyclic amines) is 1. The molecular weight excluding hydrogens is 491 g/mol. The van der Waals surface area contributed by atoms with Crippen LogP contribution in [0.25, 0.3) is 11.0 Å². The van der Waals surface area contributed by atoms with Crippen LogP contribution in [0.2, 0.25) is 5.02 Å². The summed E-state index contributed by atoms with van der Waals surface area (Å²) in [5.41, 5.74) is 1.56. The van der Waals surface area contributed by atoms with Gasteiger partial charge in [-0.25, -0.2) is 9.37 Å². The van der Waals surface area contributed by atoms with Crippen molar-refractivity contribution in [3.8, 4) is 0 Å². The maximum absolute atomic E-state index is 13.9. The van der Waals surface area contributed by atoms with Crippen LogP contribution in [0.15, 0.2) is 41.3 Å². The Morgan fingerprint density at radius 2 is 1.86 bits per heavy atom. The van der Waals surface area contributed by atoms with Crippen LogP contribution in [0, 0.1) is 5.82 Å². The van der Waals surface area contributed by atoms with Gasteiger partial charge in [-0.1, -0.05) is 24.6 Å². The third-order valence-corrected chi connectivity index (χ3v) is 8.57. The number of aromatic nitrogens is 3. The number of pyridine rings is 1. The number of piperazine rings is 1. The fourth-order valence-corrected chi connectivity index (χ4v) is 6.23. The van der Waals surface area contributed by atoms with E-state index in [9.17, 15) is 9.18 Å². The van der Waals surface area contributed by atoms with Crippen molar-refractivity contribution in [2.75, 3.05) is 37.6 Å². The van der Waals surface area contributed by atoms with Crippen molar-refractivity contribution in [3.05, 3.63) is 63.3 Å². The lowest BCUT2D eigenvalue weighted by Gasteiger charge is -2.47. The number of fused-ring (bicyclic) bond motifs is 1. The standard InChI is InChI=1S/C28H34ClFN6O/c1-2-20-18-34(28-32-26-23(4-3-11-31-26)27(37)36(28)22-6-7-22)14-15-35(20)21-9-12-33(13-10-21)17-19-5-8-24(29)25(30)16-19/h3-5,8,11,16,20-22H,2,6-7,9-10,12-15,17-18H2,1H3/t20-/m0/s1. The molecule has 0 radical (unpaired) electrons. The fourth-order valence-electron chi connectivity index (χ4n) is 6.11. The summed E-state index contributed by atoms with van der Waals surface area (Å²) in [5, 5.41) is 0.786. The first-order chi connectivity index (χ1) is 18.0. The van der Waals surface area contributed by atoms with Crippen LogP contribution < -0.4 is 10.5 Å². The van der Waals surface area contributed by atoms with Gasteiger partial charge in [-0.2, -0.15) is 4.98 Å². The molecule has 3 fully saturated rings. The molecule has 1 atom stereocenters. The maximum atomic E-state index is 13.9. The summed E-state index contributed by atoms with van der Waals surface area (Å²) in [6.07, 6.45) is 7.06. The van der Waals surface area contributed by atoms with E-state index in [0.717, 1.165) is 82.9 Å². The van der Waals surface area contributed by atoms with Crippen molar-refractivity contribution in [2.45, 2.75) is 63.7 Å². The van der Waals surface area contributed by atoms with Crippen molar-refractivity contribution >= 4 is 28.6 Å². The fraction of sp³-hybridized carbons (Fsp3) is 0.536. The molecule has 0 spiro atoms. The first kappa shape index (κ1) is 24.8. The summed E-state index contributed by atoms with van der Waals surface area (Å²) in [6, 6.07) is 9.99. The molecule has 196 valence electrons. The molecule has 6 rings (SSSR count). The van der Waals surface area contributed by atoms with E-state index < -0.39 is 0 Å². The van der Waals surface area contributed by atoms with Gasteiger partial charge < -0.3 is 4.90 Å². The third kappa shape index (κ3) is 4.99. The molecule has 3 aromatic rings. The Hall–Kier alpha value is -2.55. The van der Waals surface area contributed by atoms with Gasteiger partial charge in [-0.15, -0.1) is 0 Å². The number of hydrogen-bond acceptors (Lipinski definition) is 6. The molecule has 4 heterocycles. The number of anilines is 1. The van der Waals surface area contributed by atoms with E-state index in [2.05, 4.69) is 26.6 Å². The Morgan fingerprint density at radius 1 is 1.05 bits per heavy atom. The van der Waals surface area contributed by atoms with Crippen molar-refractivity contribution in [1.29, 1.82) is 0 Å². The predicted molar refractivity (Wildman–Crippen MR) is 145 cm³/mol. The second-order valence-electron chi connectivity index (χ2n) is 10.7. The Labute approximate surface area is 221 Å². The highest BCUT2D eigenvalue weighted by Gasteiger charge is 2.36. The molecule has 1 aliphatic carbocycles. The van der Waals surface area contributed by atoms with E-state index in [4.69, 9.17) is 16.6 Å². The zero-order valence-corrected chi connectivity index (χ0v) is 22.1. The van der Waals surface area contributed by atoms with Crippen LogP contribution in [-0.4, -0.2) is 69.1 Å². The van der Waals surface area contributed by atoms with E-state index in [0.29, 0.717) is 23.1 Å². The number of piperidine rings is 1. The van der Waals surface area contributed by atoms with Gasteiger partial charge in [0, 0.05) is 50.5 Å². The monoisotopic (exact) mass is 524 g/mol. The molecule has 0 amide bonds. The topological polar surface area (TPSA) is 57.5 Å². The van der Waals surface area contributed by atoms with Gasteiger partial charge in [0.05, 0.1) is 10.4 Å². The van der Waals surface area contributed by atoms with E-state index in [-0.39, 0.29) is 22.4 Å². The average molecular weight is 525 g/mol. The zero-order valence-electron chi connectivity index (χ0n) is 21.3. The van der Waals surface area contributed by atoms with Gasteiger partial charge in [0.1, 0.15) is 5.82 Å². The summed E-state index contributed by atoms with van der Waals surface area (Å²) in [7, 11) is 0. The Bertz CT molecular complexity index is 1340. The number of halogens is 2. The van der Waals surface area contributed by atoms with Crippen LogP contribution in [0.4, 0.5) is 10.3 Å². The second-order valence-corrected chi connectivity index (χ2v) is 11.1. The summed E-state index contributed by atoms with van der Waals surface area (Å²) >= 11 is 5.84. The lowest BCUT2D eigenvalue weighted by Crippen LogP contribution is -2.59. The molecule has 0 N–H and O–H groups in total. The van der Waals surface area contributed by atoms with Crippen LogP contribution in [0.1, 0.15) is 50.6 Å². The quantitative estimate of drug-likeness (QED) is 0.474. The lowest BCUT2D eigenvalue weighted by atomic mass is 9.98. The van der Waals surface area contributed by atoms with Gasteiger partial charge >= 0.3 is 0 Å². The normalized spacial score (nSPS) is 22.1. The molecule has 1 saturated carbocycles. The Balaban J connectivity index is 1.14. The highest BCUT2D eigenvalue weighted by Crippen LogP contribution is 2.37. The summed E-state index contributed by atoms with van der Waals surface area (Å²) < 4.78 is 15.8. The van der Waals surface area contributed by atoms with E-state index in [1.807, 2.05) is 22.8 Å². The highest BCUT2D eigenvalue weighted by atomic mass is 35.5.